The van der Waals surface area contributed by atoms with E-state index in [2.05, 4.69) is 10.6 Å². The van der Waals surface area contributed by atoms with Crippen molar-refractivity contribution in [2.75, 3.05) is 13.6 Å². The van der Waals surface area contributed by atoms with Crippen LogP contribution in [0.3, 0.4) is 0 Å². The second-order valence-electron chi connectivity index (χ2n) is 9.81. The highest BCUT2D eigenvalue weighted by atomic mass is 19.4. The smallest absolute Gasteiger partial charge is 0.350 e. The number of benzene rings is 2. The van der Waals surface area contributed by atoms with Crippen molar-refractivity contribution in [3.63, 3.8) is 0 Å². The van der Waals surface area contributed by atoms with Crippen LogP contribution in [0, 0.1) is 11.7 Å². The van der Waals surface area contributed by atoms with Crippen LogP contribution in [0.2, 0.25) is 0 Å². The number of halogens is 4. The number of alkyl halides is 3. The first-order valence-corrected chi connectivity index (χ1v) is 12.1. The van der Waals surface area contributed by atoms with E-state index < -0.39 is 47.5 Å². The summed E-state index contributed by atoms with van der Waals surface area (Å²) in [4.78, 5) is 42.3. The summed E-state index contributed by atoms with van der Waals surface area (Å²) in [6.07, 6.45) is -4.43. The second-order valence-corrected chi connectivity index (χ2v) is 9.81. The zero-order valence-corrected chi connectivity index (χ0v) is 21.1. The van der Waals surface area contributed by atoms with Gasteiger partial charge in [0.15, 0.2) is 0 Å². The summed E-state index contributed by atoms with van der Waals surface area (Å²) in [5.74, 6) is -1.57. The number of carbonyl (C=O) groups is 3. The summed E-state index contributed by atoms with van der Waals surface area (Å²) in [5, 5.41) is 5.26. The number of hydrogen-bond donors (Lipinski definition) is 2. The van der Waals surface area contributed by atoms with Gasteiger partial charge in [0.1, 0.15) is 11.9 Å². The highest BCUT2D eigenvalue weighted by Gasteiger charge is 2.48. The average molecular weight is 533 g/mol. The van der Waals surface area contributed by atoms with Gasteiger partial charge in [0, 0.05) is 13.6 Å². The molecular formula is C27H28F4N4O3. The highest BCUT2D eigenvalue weighted by Crippen LogP contribution is 2.42. The van der Waals surface area contributed by atoms with Crippen molar-refractivity contribution in [3.8, 4) is 0 Å². The van der Waals surface area contributed by atoms with Crippen LogP contribution < -0.4 is 10.6 Å². The molecule has 2 aromatic carbocycles. The summed E-state index contributed by atoms with van der Waals surface area (Å²) in [7, 11) is 1.43. The number of nitrogens with zero attached hydrogens (tertiary/aromatic N) is 2. The maximum absolute atomic E-state index is 13.8. The van der Waals surface area contributed by atoms with Gasteiger partial charge in [0.25, 0.3) is 5.91 Å². The Hall–Kier alpha value is -3.89. The van der Waals surface area contributed by atoms with E-state index in [1.54, 1.807) is 6.07 Å². The van der Waals surface area contributed by atoms with Crippen LogP contribution in [0.25, 0.3) is 0 Å². The molecule has 2 heterocycles. The summed E-state index contributed by atoms with van der Waals surface area (Å²) >= 11 is 0. The lowest BCUT2D eigenvalue weighted by molar-refractivity contribution is -0.139. The van der Waals surface area contributed by atoms with Gasteiger partial charge in [0.2, 0.25) is 5.91 Å². The molecule has 2 aliphatic heterocycles. The molecule has 38 heavy (non-hydrogen) atoms. The van der Waals surface area contributed by atoms with Crippen molar-refractivity contribution < 1.29 is 31.9 Å². The van der Waals surface area contributed by atoms with Crippen molar-refractivity contribution in [3.05, 3.63) is 82.3 Å². The Labute approximate surface area is 217 Å². The molecule has 2 N–H and O–H groups in total. The number of carbonyl (C=O) groups excluding carboxylic acids is 3. The summed E-state index contributed by atoms with van der Waals surface area (Å²) < 4.78 is 55.0. The van der Waals surface area contributed by atoms with E-state index in [1.165, 1.54) is 53.2 Å². The zero-order valence-electron chi connectivity index (χ0n) is 21.1. The molecule has 0 saturated heterocycles. The monoisotopic (exact) mass is 532 g/mol. The first kappa shape index (κ1) is 27.2. The molecule has 0 radical (unpaired) electrons. The standard InChI is InChI=1S/C27H28F4N4O3/c1-15(2)11-20(24(36)32-13-16-7-6-8-17(28)12-16)35-14-21-22(25(35)37)23(33-26(38)34(21)3)18-9-4-5-10-19(18)27(29,30)31/h4-10,12,15,20,23H,11,13-14H2,1-3H3,(H,32,36)(H,33,38). The van der Waals surface area contributed by atoms with Gasteiger partial charge in [-0.25, -0.2) is 9.18 Å². The fourth-order valence-electron chi connectivity index (χ4n) is 4.86. The van der Waals surface area contributed by atoms with Crippen molar-refractivity contribution >= 4 is 17.8 Å². The van der Waals surface area contributed by atoms with Crippen LogP contribution in [0.15, 0.2) is 59.8 Å². The van der Waals surface area contributed by atoms with Crippen LogP contribution >= 0.6 is 0 Å². The van der Waals surface area contributed by atoms with Crippen LogP contribution in [0.4, 0.5) is 22.4 Å². The molecule has 0 fully saturated rings. The average Bonchev–Trinajstić information content (AvgIpc) is 3.20. The molecular weight excluding hydrogens is 504 g/mol. The second kappa shape index (κ2) is 10.5. The van der Waals surface area contributed by atoms with Crippen molar-refractivity contribution in [2.24, 2.45) is 5.92 Å². The van der Waals surface area contributed by atoms with Crippen molar-refractivity contribution in [1.29, 1.82) is 0 Å². The Balaban J connectivity index is 1.66. The Morgan fingerprint density at radius 2 is 1.84 bits per heavy atom. The SMILES string of the molecule is CC(C)CC(C(=O)NCc1cccc(F)c1)N1CC2=C(C1=O)C(c1ccccc1C(F)(F)F)NC(=O)N2C. The first-order chi connectivity index (χ1) is 17.9. The summed E-state index contributed by atoms with van der Waals surface area (Å²) in [6, 6.07) is 7.57. The van der Waals surface area contributed by atoms with E-state index in [0.717, 1.165) is 6.07 Å². The van der Waals surface area contributed by atoms with Crippen molar-refractivity contribution in [1.82, 2.24) is 20.4 Å². The van der Waals surface area contributed by atoms with Gasteiger partial charge in [-0.3, -0.25) is 14.5 Å². The molecule has 0 aromatic heterocycles. The molecule has 2 aromatic rings. The Kier molecular flexibility index (Phi) is 7.48. The van der Waals surface area contributed by atoms with E-state index in [0.29, 0.717) is 5.56 Å². The lowest BCUT2D eigenvalue weighted by Crippen LogP contribution is -2.49. The van der Waals surface area contributed by atoms with E-state index in [9.17, 15) is 31.9 Å². The van der Waals surface area contributed by atoms with Crippen LogP contribution in [-0.4, -0.2) is 47.3 Å². The molecule has 4 amide bonds. The number of likely N-dealkylation sites (N-methyl/N-ethyl adjacent to an activating group) is 1. The Bertz CT molecular complexity index is 1290. The maximum atomic E-state index is 13.8. The minimum atomic E-state index is -4.70. The molecule has 7 nitrogen and oxygen atoms in total. The largest absolute Gasteiger partial charge is 0.416 e. The minimum absolute atomic E-state index is 0.00418. The van der Waals surface area contributed by atoms with Gasteiger partial charge < -0.3 is 15.5 Å². The molecule has 11 heteroatoms. The Morgan fingerprint density at radius 3 is 2.50 bits per heavy atom. The quantitative estimate of drug-likeness (QED) is 0.520. The minimum Gasteiger partial charge on any atom is -0.350 e. The van der Waals surface area contributed by atoms with Gasteiger partial charge in [-0.1, -0.05) is 44.2 Å². The number of urea groups is 1. The molecule has 2 unspecified atom stereocenters. The van der Waals surface area contributed by atoms with E-state index >= 15 is 0 Å². The molecule has 0 saturated carbocycles. The normalized spacial score (nSPS) is 18.6. The summed E-state index contributed by atoms with van der Waals surface area (Å²) in [5.41, 5.74) is -0.437. The van der Waals surface area contributed by atoms with Gasteiger partial charge >= 0.3 is 12.2 Å². The third-order valence-electron chi connectivity index (χ3n) is 6.69. The highest BCUT2D eigenvalue weighted by molar-refractivity contribution is 6.03. The molecule has 2 atom stereocenters. The van der Waals surface area contributed by atoms with E-state index in [-0.39, 0.29) is 42.3 Å². The fourth-order valence-corrected chi connectivity index (χ4v) is 4.86. The molecule has 0 bridgehead atoms. The molecule has 2 aliphatic rings. The molecule has 202 valence electrons. The first-order valence-electron chi connectivity index (χ1n) is 12.1. The maximum Gasteiger partial charge on any atom is 0.416 e. The third-order valence-corrected chi connectivity index (χ3v) is 6.69. The Morgan fingerprint density at radius 1 is 1.13 bits per heavy atom. The fraction of sp³-hybridized carbons (Fsp3) is 0.370. The molecule has 4 rings (SSSR count). The summed E-state index contributed by atoms with van der Waals surface area (Å²) in [6.45, 7) is 3.66. The van der Waals surface area contributed by atoms with Gasteiger partial charge in [0.05, 0.1) is 29.4 Å². The number of hydrogen-bond acceptors (Lipinski definition) is 3. The van der Waals surface area contributed by atoms with Crippen LogP contribution in [0.5, 0.6) is 0 Å². The predicted molar refractivity (Wildman–Crippen MR) is 131 cm³/mol. The zero-order chi connectivity index (χ0) is 27.8. The predicted octanol–water partition coefficient (Wildman–Crippen LogP) is 4.37. The number of nitrogens with one attached hydrogen (secondary N) is 2. The lowest BCUT2D eigenvalue weighted by Gasteiger charge is -2.32. The van der Waals surface area contributed by atoms with Gasteiger partial charge in [-0.05, 0) is 41.7 Å². The molecule has 0 spiro atoms. The van der Waals surface area contributed by atoms with E-state index in [1.807, 2.05) is 13.8 Å². The number of rotatable bonds is 7. The lowest BCUT2D eigenvalue weighted by atomic mass is 9.91. The van der Waals surface area contributed by atoms with Gasteiger partial charge in [-0.15, -0.1) is 0 Å². The topological polar surface area (TPSA) is 81.8 Å². The van der Waals surface area contributed by atoms with Crippen LogP contribution in [-0.2, 0) is 22.3 Å². The van der Waals surface area contributed by atoms with Gasteiger partial charge in [-0.2, -0.15) is 13.2 Å². The number of amides is 4. The van der Waals surface area contributed by atoms with E-state index in [4.69, 9.17) is 0 Å². The van der Waals surface area contributed by atoms with Crippen LogP contribution in [0.1, 0.15) is 43.0 Å². The van der Waals surface area contributed by atoms with Crippen molar-refractivity contribution in [2.45, 2.75) is 45.1 Å². The molecule has 0 aliphatic carbocycles. The third kappa shape index (κ3) is 5.36.